The van der Waals surface area contributed by atoms with Crippen LogP contribution in [0.25, 0.3) is 0 Å². The second-order valence-corrected chi connectivity index (χ2v) is 11.2. The molecule has 3 aromatic rings. The van der Waals surface area contributed by atoms with Gasteiger partial charge in [-0.3, -0.25) is 14.4 Å². The third kappa shape index (κ3) is 6.29. The third-order valence-corrected chi connectivity index (χ3v) is 7.87. The summed E-state index contributed by atoms with van der Waals surface area (Å²) in [6.07, 6.45) is 2.54. The van der Waals surface area contributed by atoms with Crippen molar-refractivity contribution in [3.63, 3.8) is 0 Å². The normalized spacial score (nSPS) is 16.6. The molecular weight excluding hydrogens is 458 g/mol. The average molecular weight is 492 g/mol. The van der Waals surface area contributed by atoms with Crippen molar-refractivity contribution >= 4 is 27.3 Å². The van der Waals surface area contributed by atoms with Crippen molar-refractivity contribution in [2.45, 2.75) is 45.1 Å². The molecule has 4 rings (SSSR count). The lowest BCUT2D eigenvalue weighted by Crippen LogP contribution is -2.33. The van der Waals surface area contributed by atoms with E-state index in [4.69, 9.17) is 0 Å². The highest BCUT2D eigenvalue weighted by atomic mass is 32.2. The number of carbonyl (C=O) groups is 1. The zero-order valence-corrected chi connectivity index (χ0v) is 21.4. The van der Waals surface area contributed by atoms with E-state index in [2.05, 4.69) is 21.9 Å². The van der Waals surface area contributed by atoms with Gasteiger partial charge in [-0.2, -0.15) is 0 Å². The summed E-state index contributed by atoms with van der Waals surface area (Å²) in [6.45, 7) is 9.17. The lowest BCUT2D eigenvalue weighted by atomic mass is 9.99. The summed E-state index contributed by atoms with van der Waals surface area (Å²) in [5.41, 5.74) is 4.59. The Morgan fingerprint density at radius 3 is 2.26 bits per heavy atom. The monoisotopic (exact) mass is 491 g/mol. The van der Waals surface area contributed by atoms with E-state index in [9.17, 15) is 13.2 Å². The van der Waals surface area contributed by atoms with Crippen LogP contribution in [-0.2, 0) is 16.6 Å². The number of anilines is 2. The van der Waals surface area contributed by atoms with Crippen LogP contribution in [0.1, 0.15) is 46.8 Å². The molecule has 0 aromatic heterocycles. The molecule has 0 unspecified atom stereocenters. The summed E-state index contributed by atoms with van der Waals surface area (Å²) in [5.74, 6) is 0.505. The summed E-state index contributed by atoms with van der Waals surface area (Å²) in [5, 5.41) is 2.85. The summed E-state index contributed by atoms with van der Waals surface area (Å²) in [7, 11) is -3.74. The molecule has 35 heavy (non-hydrogen) atoms. The van der Waals surface area contributed by atoms with E-state index in [1.807, 2.05) is 56.3 Å². The number of nitrogens with one attached hydrogen (secondary N) is 2. The Balaban J connectivity index is 1.38. The molecule has 1 saturated heterocycles. The van der Waals surface area contributed by atoms with Gasteiger partial charge >= 0.3 is 0 Å². The standard InChI is InChI=1S/C28H33N3O3S/c1-20-6-5-17-31(18-20)19-23-9-11-24(12-10-23)28(32)29-25-13-15-26(16-14-25)35(33,34)30-27-21(2)7-4-8-22(27)3/h4,7-16,20,30H,5-6,17-19H2,1-3H3,(H,29,32)/t20-/m0/s1. The van der Waals surface area contributed by atoms with Gasteiger partial charge in [-0.05, 0) is 92.2 Å². The number of hydrogen-bond donors (Lipinski definition) is 2. The minimum atomic E-state index is -3.74. The number of likely N-dealkylation sites (tertiary alicyclic amines) is 1. The number of rotatable bonds is 7. The Morgan fingerprint density at radius 1 is 0.971 bits per heavy atom. The fourth-order valence-corrected chi connectivity index (χ4v) is 5.74. The highest BCUT2D eigenvalue weighted by Crippen LogP contribution is 2.24. The van der Waals surface area contributed by atoms with Gasteiger partial charge in [0.15, 0.2) is 0 Å². The molecule has 6 nitrogen and oxygen atoms in total. The summed E-state index contributed by atoms with van der Waals surface area (Å²) >= 11 is 0. The Kier molecular flexibility index (Phi) is 7.57. The first-order valence-corrected chi connectivity index (χ1v) is 13.5. The molecule has 0 spiro atoms. The van der Waals surface area contributed by atoms with E-state index in [-0.39, 0.29) is 10.8 Å². The van der Waals surface area contributed by atoms with Crippen LogP contribution in [0, 0.1) is 19.8 Å². The lowest BCUT2D eigenvalue weighted by molar-refractivity contribution is 0.102. The van der Waals surface area contributed by atoms with Crippen LogP contribution in [0.15, 0.2) is 71.6 Å². The number of benzene rings is 3. The van der Waals surface area contributed by atoms with Crippen molar-refractivity contribution in [3.05, 3.63) is 89.0 Å². The van der Waals surface area contributed by atoms with Gasteiger partial charge < -0.3 is 5.32 Å². The Hall–Kier alpha value is -3.16. The lowest BCUT2D eigenvalue weighted by Gasteiger charge is -2.30. The second-order valence-electron chi connectivity index (χ2n) is 9.53. The molecular formula is C28H33N3O3S. The Labute approximate surface area is 208 Å². The molecule has 0 saturated carbocycles. The Morgan fingerprint density at radius 2 is 1.63 bits per heavy atom. The van der Waals surface area contributed by atoms with Crippen molar-refractivity contribution in [1.82, 2.24) is 4.90 Å². The molecule has 7 heteroatoms. The highest BCUT2D eigenvalue weighted by Gasteiger charge is 2.18. The van der Waals surface area contributed by atoms with Gasteiger partial charge in [-0.15, -0.1) is 0 Å². The smallest absolute Gasteiger partial charge is 0.261 e. The Bertz CT molecular complexity index is 1270. The minimum absolute atomic E-state index is 0.134. The van der Waals surface area contributed by atoms with Crippen LogP contribution in [0.4, 0.5) is 11.4 Å². The zero-order valence-electron chi connectivity index (χ0n) is 20.5. The molecule has 2 N–H and O–H groups in total. The number of sulfonamides is 1. The van der Waals surface area contributed by atoms with Crippen LogP contribution >= 0.6 is 0 Å². The number of piperidine rings is 1. The van der Waals surface area contributed by atoms with Crippen molar-refractivity contribution in [2.75, 3.05) is 23.1 Å². The SMILES string of the molecule is Cc1cccc(C)c1NS(=O)(=O)c1ccc(NC(=O)c2ccc(CN3CCC[C@H](C)C3)cc2)cc1. The quantitative estimate of drug-likeness (QED) is 0.452. The van der Waals surface area contributed by atoms with Crippen LogP contribution in [-0.4, -0.2) is 32.3 Å². The number of nitrogens with zero attached hydrogens (tertiary/aromatic N) is 1. The van der Waals surface area contributed by atoms with E-state index < -0.39 is 10.0 Å². The van der Waals surface area contributed by atoms with Crippen LogP contribution in [0.5, 0.6) is 0 Å². The number of carbonyl (C=O) groups excluding carboxylic acids is 1. The number of hydrogen-bond acceptors (Lipinski definition) is 4. The number of para-hydroxylation sites is 1. The maximum atomic E-state index is 12.9. The maximum Gasteiger partial charge on any atom is 0.261 e. The molecule has 0 bridgehead atoms. The van der Waals surface area contributed by atoms with Gasteiger partial charge in [0.2, 0.25) is 0 Å². The van der Waals surface area contributed by atoms with E-state index in [1.54, 1.807) is 12.1 Å². The average Bonchev–Trinajstić information content (AvgIpc) is 2.82. The molecule has 184 valence electrons. The van der Waals surface area contributed by atoms with E-state index in [1.165, 1.54) is 30.5 Å². The van der Waals surface area contributed by atoms with Crippen molar-refractivity contribution in [2.24, 2.45) is 5.92 Å². The molecule has 1 heterocycles. The molecule has 0 aliphatic carbocycles. The molecule has 3 aromatic carbocycles. The van der Waals surface area contributed by atoms with Crippen LogP contribution < -0.4 is 10.0 Å². The van der Waals surface area contributed by atoms with E-state index in [0.29, 0.717) is 16.9 Å². The predicted molar refractivity (Wildman–Crippen MR) is 141 cm³/mol. The molecule has 1 aliphatic heterocycles. The highest BCUT2D eigenvalue weighted by molar-refractivity contribution is 7.92. The van der Waals surface area contributed by atoms with Crippen LogP contribution in [0.3, 0.4) is 0 Å². The van der Waals surface area contributed by atoms with Crippen molar-refractivity contribution < 1.29 is 13.2 Å². The summed E-state index contributed by atoms with van der Waals surface area (Å²) in [4.78, 5) is 15.3. The summed E-state index contributed by atoms with van der Waals surface area (Å²) < 4.78 is 28.4. The fourth-order valence-electron chi connectivity index (χ4n) is 4.54. The van der Waals surface area contributed by atoms with Gasteiger partial charge in [0.25, 0.3) is 15.9 Å². The van der Waals surface area contributed by atoms with Gasteiger partial charge in [0.05, 0.1) is 10.6 Å². The molecule has 1 aliphatic rings. The van der Waals surface area contributed by atoms with Gasteiger partial charge in [0.1, 0.15) is 0 Å². The number of amides is 1. The topological polar surface area (TPSA) is 78.5 Å². The first-order valence-electron chi connectivity index (χ1n) is 12.0. The number of aryl methyl sites for hydroxylation is 2. The fraction of sp³-hybridized carbons (Fsp3) is 0.321. The first-order chi connectivity index (χ1) is 16.7. The van der Waals surface area contributed by atoms with Crippen LogP contribution in [0.2, 0.25) is 0 Å². The van der Waals surface area contributed by atoms with Crippen molar-refractivity contribution in [1.29, 1.82) is 0 Å². The minimum Gasteiger partial charge on any atom is -0.322 e. The van der Waals surface area contributed by atoms with Gasteiger partial charge in [-0.1, -0.05) is 37.3 Å². The van der Waals surface area contributed by atoms with Gasteiger partial charge in [0, 0.05) is 24.3 Å². The van der Waals surface area contributed by atoms with Crippen molar-refractivity contribution in [3.8, 4) is 0 Å². The third-order valence-electron chi connectivity index (χ3n) is 6.50. The molecule has 0 radical (unpaired) electrons. The summed E-state index contributed by atoms with van der Waals surface area (Å²) in [6, 6.07) is 19.5. The second kappa shape index (κ2) is 10.6. The van der Waals surface area contributed by atoms with E-state index in [0.717, 1.165) is 36.7 Å². The molecule has 1 amide bonds. The maximum absolute atomic E-state index is 12.9. The van der Waals surface area contributed by atoms with E-state index >= 15 is 0 Å². The first kappa shape index (κ1) is 24.9. The van der Waals surface area contributed by atoms with Gasteiger partial charge in [-0.25, -0.2) is 8.42 Å². The molecule has 1 fully saturated rings. The zero-order chi connectivity index (χ0) is 25.0. The predicted octanol–water partition coefficient (Wildman–Crippen LogP) is 5.59. The largest absolute Gasteiger partial charge is 0.322 e. The molecule has 1 atom stereocenters.